The van der Waals surface area contributed by atoms with E-state index in [4.69, 9.17) is 4.42 Å². The number of aromatic nitrogens is 1. The second kappa shape index (κ2) is 6.49. The van der Waals surface area contributed by atoms with Crippen LogP contribution in [0.25, 0.3) is 23.1 Å². The van der Waals surface area contributed by atoms with E-state index in [1.807, 2.05) is 0 Å². The Labute approximate surface area is 134 Å². The molecule has 0 saturated carbocycles. The summed E-state index contributed by atoms with van der Waals surface area (Å²) in [5.41, 5.74) is 0.426. The number of nitrogens with zero attached hydrogens (tertiary/aromatic N) is 1. The lowest BCUT2D eigenvalue weighted by molar-refractivity contribution is -0.0512. The van der Waals surface area contributed by atoms with E-state index in [0.717, 1.165) is 0 Å². The SMILES string of the molecule is O=c1oc(/C=C/c2ccc(O)c(OC(F)F)c2)nc2ccccc12. The summed E-state index contributed by atoms with van der Waals surface area (Å²) in [5.74, 6) is -0.675. The molecule has 0 aliphatic rings. The van der Waals surface area contributed by atoms with Crippen molar-refractivity contribution < 1.29 is 23.0 Å². The quantitative estimate of drug-likeness (QED) is 0.790. The molecule has 122 valence electrons. The third kappa shape index (κ3) is 3.40. The third-order valence-corrected chi connectivity index (χ3v) is 3.17. The van der Waals surface area contributed by atoms with E-state index in [2.05, 4.69) is 9.72 Å². The monoisotopic (exact) mass is 331 g/mol. The lowest BCUT2D eigenvalue weighted by Crippen LogP contribution is -2.02. The number of phenols is 1. The van der Waals surface area contributed by atoms with Crippen molar-refractivity contribution in [3.63, 3.8) is 0 Å². The number of ether oxygens (including phenoxy) is 1. The standard InChI is InChI=1S/C17H11F2NO4/c18-17(19)23-14-9-10(5-7-13(14)21)6-8-15-20-12-4-2-1-3-11(12)16(22)24-15/h1-9,17,21H/b8-6+. The number of benzene rings is 2. The van der Waals surface area contributed by atoms with Crippen molar-refractivity contribution in [3.8, 4) is 11.5 Å². The number of hydrogen-bond donors (Lipinski definition) is 1. The molecule has 1 aromatic heterocycles. The lowest BCUT2D eigenvalue weighted by Gasteiger charge is -2.07. The zero-order valence-corrected chi connectivity index (χ0v) is 12.1. The average Bonchev–Trinajstić information content (AvgIpc) is 2.55. The van der Waals surface area contributed by atoms with E-state index < -0.39 is 18.0 Å². The summed E-state index contributed by atoms with van der Waals surface area (Å²) < 4.78 is 33.8. The smallest absolute Gasteiger partial charge is 0.387 e. The Hall–Kier alpha value is -3.22. The van der Waals surface area contributed by atoms with Crippen LogP contribution in [-0.4, -0.2) is 16.7 Å². The van der Waals surface area contributed by atoms with Gasteiger partial charge in [-0.1, -0.05) is 18.2 Å². The Balaban J connectivity index is 1.92. The number of para-hydroxylation sites is 1. The maximum atomic E-state index is 12.3. The van der Waals surface area contributed by atoms with Crippen LogP contribution < -0.4 is 10.4 Å². The van der Waals surface area contributed by atoms with Crippen molar-refractivity contribution in [2.45, 2.75) is 6.61 Å². The number of rotatable bonds is 4. The fraction of sp³-hybridized carbons (Fsp3) is 0.0588. The van der Waals surface area contributed by atoms with Gasteiger partial charge in [0, 0.05) is 6.08 Å². The van der Waals surface area contributed by atoms with E-state index >= 15 is 0 Å². The fourth-order valence-electron chi connectivity index (χ4n) is 2.10. The minimum Gasteiger partial charge on any atom is -0.504 e. The van der Waals surface area contributed by atoms with Crippen molar-refractivity contribution in [2.75, 3.05) is 0 Å². The zero-order valence-electron chi connectivity index (χ0n) is 12.1. The predicted molar refractivity (Wildman–Crippen MR) is 83.9 cm³/mol. The molecular formula is C17H11F2NO4. The van der Waals surface area contributed by atoms with Gasteiger partial charge in [-0.25, -0.2) is 9.78 Å². The van der Waals surface area contributed by atoms with E-state index in [9.17, 15) is 18.7 Å². The van der Waals surface area contributed by atoms with Gasteiger partial charge in [-0.2, -0.15) is 8.78 Å². The van der Waals surface area contributed by atoms with Crippen LogP contribution in [0.2, 0.25) is 0 Å². The average molecular weight is 331 g/mol. The molecule has 1 heterocycles. The predicted octanol–water partition coefficient (Wildman–Crippen LogP) is 3.67. The Morgan fingerprint density at radius 3 is 2.75 bits per heavy atom. The molecule has 5 nitrogen and oxygen atoms in total. The highest BCUT2D eigenvalue weighted by molar-refractivity contribution is 5.78. The molecule has 0 unspecified atom stereocenters. The Bertz CT molecular complexity index is 966. The summed E-state index contributed by atoms with van der Waals surface area (Å²) in [7, 11) is 0. The van der Waals surface area contributed by atoms with Crippen molar-refractivity contribution >= 4 is 23.1 Å². The van der Waals surface area contributed by atoms with Crippen LogP contribution in [0, 0.1) is 0 Å². The maximum Gasteiger partial charge on any atom is 0.387 e. The van der Waals surface area contributed by atoms with E-state index in [1.165, 1.54) is 30.4 Å². The highest BCUT2D eigenvalue weighted by Crippen LogP contribution is 2.29. The first-order valence-corrected chi connectivity index (χ1v) is 6.89. The van der Waals surface area contributed by atoms with Crippen molar-refractivity contribution in [3.05, 3.63) is 64.3 Å². The summed E-state index contributed by atoms with van der Waals surface area (Å²) in [6.45, 7) is -3.05. The number of phenolic OH excluding ortho intramolecular Hbond substituents is 1. The summed E-state index contributed by atoms with van der Waals surface area (Å²) in [4.78, 5) is 16.0. The van der Waals surface area contributed by atoms with Crippen LogP contribution in [0.5, 0.6) is 11.5 Å². The molecule has 1 N–H and O–H groups in total. The first-order valence-electron chi connectivity index (χ1n) is 6.89. The van der Waals surface area contributed by atoms with Gasteiger partial charge < -0.3 is 14.3 Å². The second-order valence-corrected chi connectivity index (χ2v) is 4.80. The topological polar surface area (TPSA) is 72.6 Å². The molecule has 3 aromatic rings. The number of hydrogen-bond acceptors (Lipinski definition) is 5. The van der Waals surface area contributed by atoms with Crippen LogP contribution in [0.4, 0.5) is 8.78 Å². The maximum absolute atomic E-state index is 12.3. The minimum atomic E-state index is -3.05. The van der Waals surface area contributed by atoms with Gasteiger partial charge in [0.2, 0.25) is 5.89 Å². The molecule has 0 atom stereocenters. The Morgan fingerprint density at radius 2 is 1.96 bits per heavy atom. The van der Waals surface area contributed by atoms with Crippen molar-refractivity contribution in [1.82, 2.24) is 4.98 Å². The lowest BCUT2D eigenvalue weighted by atomic mass is 10.2. The number of fused-ring (bicyclic) bond motifs is 1. The van der Waals surface area contributed by atoms with E-state index in [-0.39, 0.29) is 11.6 Å². The second-order valence-electron chi connectivity index (χ2n) is 4.80. The molecule has 24 heavy (non-hydrogen) atoms. The molecule has 3 rings (SSSR count). The summed E-state index contributed by atoms with van der Waals surface area (Å²) in [6.07, 6.45) is 2.92. The van der Waals surface area contributed by atoms with Crippen LogP contribution in [0.15, 0.2) is 51.7 Å². The number of aromatic hydroxyl groups is 1. The van der Waals surface area contributed by atoms with Crippen LogP contribution >= 0.6 is 0 Å². The fourth-order valence-corrected chi connectivity index (χ4v) is 2.10. The van der Waals surface area contributed by atoms with E-state index in [0.29, 0.717) is 16.5 Å². The van der Waals surface area contributed by atoms with Gasteiger partial charge in [-0.05, 0) is 35.9 Å². The van der Waals surface area contributed by atoms with E-state index in [1.54, 1.807) is 24.3 Å². The first-order chi connectivity index (χ1) is 11.5. The summed E-state index contributed by atoms with van der Waals surface area (Å²) in [5, 5.41) is 9.84. The summed E-state index contributed by atoms with van der Waals surface area (Å²) in [6, 6.07) is 10.7. The van der Waals surface area contributed by atoms with Crippen LogP contribution in [0.3, 0.4) is 0 Å². The van der Waals surface area contributed by atoms with Crippen LogP contribution in [-0.2, 0) is 0 Å². The van der Waals surface area contributed by atoms with Gasteiger partial charge >= 0.3 is 12.2 Å². The van der Waals surface area contributed by atoms with Gasteiger partial charge in [0.1, 0.15) is 0 Å². The molecule has 0 fully saturated rings. The van der Waals surface area contributed by atoms with Gasteiger partial charge in [-0.3, -0.25) is 0 Å². The molecule has 0 saturated heterocycles. The molecule has 0 amide bonds. The minimum absolute atomic E-state index is 0.0723. The summed E-state index contributed by atoms with van der Waals surface area (Å²) >= 11 is 0. The molecule has 0 radical (unpaired) electrons. The molecule has 2 aromatic carbocycles. The van der Waals surface area contributed by atoms with Crippen molar-refractivity contribution in [2.24, 2.45) is 0 Å². The van der Waals surface area contributed by atoms with Gasteiger partial charge in [0.25, 0.3) is 0 Å². The Kier molecular flexibility index (Phi) is 4.24. The van der Waals surface area contributed by atoms with Gasteiger partial charge in [0.05, 0.1) is 10.9 Å². The molecule has 0 bridgehead atoms. The Morgan fingerprint density at radius 1 is 1.17 bits per heavy atom. The normalized spacial score (nSPS) is 11.5. The highest BCUT2D eigenvalue weighted by Gasteiger charge is 2.09. The zero-order chi connectivity index (χ0) is 17.1. The molecule has 0 aliphatic carbocycles. The molecule has 7 heteroatoms. The molecule has 0 aliphatic heterocycles. The molecular weight excluding hydrogens is 320 g/mol. The largest absolute Gasteiger partial charge is 0.504 e. The van der Waals surface area contributed by atoms with Crippen molar-refractivity contribution in [1.29, 1.82) is 0 Å². The van der Waals surface area contributed by atoms with Gasteiger partial charge in [0.15, 0.2) is 11.5 Å². The number of halogens is 2. The van der Waals surface area contributed by atoms with Crippen LogP contribution in [0.1, 0.15) is 11.5 Å². The molecule has 0 spiro atoms. The highest BCUT2D eigenvalue weighted by atomic mass is 19.3. The first kappa shape index (κ1) is 15.7. The number of alkyl halides is 2. The third-order valence-electron chi connectivity index (χ3n) is 3.17. The van der Waals surface area contributed by atoms with Gasteiger partial charge in [-0.15, -0.1) is 0 Å².